The molecular formula is C21H30F3NO4. The van der Waals surface area contributed by atoms with E-state index in [0.717, 1.165) is 37.0 Å². The molecule has 1 aromatic carbocycles. The second-order valence-corrected chi connectivity index (χ2v) is 6.91. The smallest absolute Gasteiger partial charge is 0.491 e. The van der Waals surface area contributed by atoms with Crippen LogP contribution in [0.1, 0.15) is 51.5 Å². The zero-order chi connectivity index (χ0) is 21.7. The molecule has 1 aromatic rings. The van der Waals surface area contributed by atoms with E-state index in [1.165, 1.54) is 0 Å². The summed E-state index contributed by atoms with van der Waals surface area (Å²) in [6, 6.07) is 7.76. The Morgan fingerprint density at radius 2 is 1.79 bits per heavy atom. The van der Waals surface area contributed by atoms with Gasteiger partial charge in [-0.1, -0.05) is 38.8 Å². The monoisotopic (exact) mass is 417 g/mol. The van der Waals surface area contributed by atoms with Crippen molar-refractivity contribution in [1.29, 1.82) is 0 Å². The van der Waals surface area contributed by atoms with E-state index >= 15 is 0 Å². The number of carbonyl (C=O) groups excluding carboxylic acids is 2. The number of nitrogens with one attached hydrogen (secondary N) is 1. The molecule has 0 spiro atoms. The minimum absolute atomic E-state index is 0.121. The summed E-state index contributed by atoms with van der Waals surface area (Å²) in [7, 11) is 0. The Morgan fingerprint density at radius 1 is 1.10 bits per heavy atom. The van der Waals surface area contributed by atoms with Gasteiger partial charge in [-0.3, -0.25) is 4.79 Å². The van der Waals surface area contributed by atoms with Gasteiger partial charge < -0.3 is 14.8 Å². The van der Waals surface area contributed by atoms with Crippen LogP contribution in [0.4, 0.5) is 13.2 Å². The van der Waals surface area contributed by atoms with Gasteiger partial charge in [-0.2, -0.15) is 13.2 Å². The van der Waals surface area contributed by atoms with Gasteiger partial charge in [0, 0.05) is 6.54 Å². The second kappa shape index (κ2) is 13.2. The van der Waals surface area contributed by atoms with E-state index in [0.29, 0.717) is 25.5 Å². The van der Waals surface area contributed by atoms with Crippen LogP contribution >= 0.6 is 0 Å². The molecule has 0 fully saturated rings. The van der Waals surface area contributed by atoms with Gasteiger partial charge in [0.2, 0.25) is 0 Å². The highest BCUT2D eigenvalue weighted by atomic mass is 19.4. The third kappa shape index (κ3) is 10.9. The summed E-state index contributed by atoms with van der Waals surface area (Å²) in [5.74, 6) is -2.32. The zero-order valence-corrected chi connectivity index (χ0v) is 17.0. The number of rotatable bonds is 13. The maximum absolute atomic E-state index is 12.0. The van der Waals surface area contributed by atoms with Gasteiger partial charge in [-0.25, -0.2) is 4.79 Å². The minimum Gasteiger partial charge on any atom is -0.493 e. The van der Waals surface area contributed by atoms with Crippen molar-refractivity contribution in [2.45, 2.75) is 58.5 Å². The van der Waals surface area contributed by atoms with Gasteiger partial charge in [0.15, 0.2) is 0 Å². The lowest BCUT2D eigenvalue weighted by molar-refractivity contribution is -0.201. The maximum atomic E-state index is 12.0. The Bertz CT molecular complexity index is 629. The van der Waals surface area contributed by atoms with Gasteiger partial charge in [0.1, 0.15) is 5.75 Å². The molecular weight excluding hydrogens is 387 g/mol. The molecule has 0 aliphatic rings. The Labute approximate surface area is 170 Å². The molecule has 0 heterocycles. The average molecular weight is 417 g/mol. The maximum Gasteiger partial charge on any atom is 0.491 e. The van der Waals surface area contributed by atoms with E-state index in [1.807, 2.05) is 24.3 Å². The lowest BCUT2D eigenvalue weighted by Gasteiger charge is -2.16. The Balaban J connectivity index is 2.30. The number of halogens is 3. The molecule has 0 atom stereocenters. The first kappa shape index (κ1) is 24.9. The molecule has 0 unspecified atom stereocenters. The van der Waals surface area contributed by atoms with Crippen molar-refractivity contribution in [1.82, 2.24) is 5.32 Å². The summed E-state index contributed by atoms with van der Waals surface area (Å²) in [5, 5.41) is 2.95. The average Bonchev–Trinajstić information content (AvgIpc) is 2.66. The lowest BCUT2D eigenvalue weighted by atomic mass is 9.99. The molecule has 0 saturated carbocycles. The predicted molar refractivity (Wildman–Crippen MR) is 104 cm³/mol. The van der Waals surface area contributed by atoms with Crippen molar-refractivity contribution in [2.75, 3.05) is 19.7 Å². The molecule has 0 aromatic heterocycles. The van der Waals surface area contributed by atoms with Crippen molar-refractivity contribution >= 4 is 11.9 Å². The molecule has 164 valence electrons. The molecule has 0 saturated heterocycles. The fourth-order valence-corrected chi connectivity index (χ4v) is 2.89. The topological polar surface area (TPSA) is 64.6 Å². The van der Waals surface area contributed by atoms with Crippen molar-refractivity contribution in [3.05, 3.63) is 29.8 Å². The van der Waals surface area contributed by atoms with Gasteiger partial charge in [-0.05, 0) is 49.4 Å². The number of ether oxygens (including phenoxy) is 2. The van der Waals surface area contributed by atoms with E-state index in [1.54, 1.807) is 0 Å². The van der Waals surface area contributed by atoms with Crippen LogP contribution in [0.2, 0.25) is 0 Å². The Hall–Kier alpha value is -2.09. The zero-order valence-electron chi connectivity index (χ0n) is 17.0. The van der Waals surface area contributed by atoms with Crippen molar-refractivity contribution in [3.8, 4) is 5.75 Å². The number of hydrogen-bond acceptors (Lipinski definition) is 5. The molecule has 0 amide bonds. The first-order chi connectivity index (χ1) is 13.8. The number of carbonyl (C=O) groups is 2. The number of benzene rings is 1. The molecule has 5 nitrogen and oxygen atoms in total. The molecule has 0 bridgehead atoms. The molecule has 0 aliphatic heterocycles. The van der Waals surface area contributed by atoms with E-state index in [4.69, 9.17) is 4.74 Å². The second-order valence-electron chi connectivity index (χ2n) is 6.91. The largest absolute Gasteiger partial charge is 0.493 e. The minimum atomic E-state index is -5.16. The summed E-state index contributed by atoms with van der Waals surface area (Å²) in [5.41, 5.74) is 1.05. The molecule has 0 aliphatic carbocycles. The van der Waals surface area contributed by atoms with Crippen LogP contribution in [0.25, 0.3) is 0 Å². The number of alkyl halides is 3. The van der Waals surface area contributed by atoms with Crippen LogP contribution < -0.4 is 10.1 Å². The summed E-state index contributed by atoms with van der Waals surface area (Å²) in [6.45, 7) is 5.69. The van der Waals surface area contributed by atoms with Crippen molar-refractivity contribution < 1.29 is 32.2 Å². The van der Waals surface area contributed by atoms with Crippen LogP contribution in [0.3, 0.4) is 0 Å². The number of esters is 2. The lowest BCUT2D eigenvalue weighted by Crippen LogP contribution is -2.29. The molecule has 1 rings (SSSR count). The fourth-order valence-electron chi connectivity index (χ4n) is 2.89. The summed E-state index contributed by atoms with van der Waals surface area (Å²) < 4.78 is 45.6. The van der Waals surface area contributed by atoms with Crippen molar-refractivity contribution in [3.63, 3.8) is 0 Å². The van der Waals surface area contributed by atoms with E-state index in [2.05, 4.69) is 23.9 Å². The number of hydrogen-bond donors (Lipinski definition) is 1. The molecule has 0 radical (unpaired) electrons. The Kier molecular flexibility index (Phi) is 11.3. The van der Waals surface area contributed by atoms with Gasteiger partial charge in [-0.15, -0.1) is 0 Å². The van der Waals surface area contributed by atoms with E-state index in [9.17, 15) is 22.8 Å². The van der Waals surface area contributed by atoms with Crippen LogP contribution in [-0.2, 0) is 20.7 Å². The van der Waals surface area contributed by atoms with Gasteiger partial charge >= 0.3 is 18.1 Å². The van der Waals surface area contributed by atoms with E-state index < -0.39 is 18.1 Å². The third-order valence-corrected chi connectivity index (χ3v) is 4.31. The van der Waals surface area contributed by atoms with Crippen LogP contribution in [0, 0.1) is 5.92 Å². The van der Waals surface area contributed by atoms with Crippen molar-refractivity contribution in [2.24, 2.45) is 5.92 Å². The first-order valence-corrected chi connectivity index (χ1v) is 10.0. The highest BCUT2D eigenvalue weighted by Crippen LogP contribution is 2.19. The van der Waals surface area contributed by atoms with Gasteiger partial charge in [0.25, 0.3) is 0 Å². The van der Waals surface area contributed by atoms with Crippen LogP contribution in [-0.4, -0.2) is 37.8 Å². The standard InChI is InChI=1S/C21H30F3NO4/c1-3-6-17(7-4-2)15-28-18-9-5-8-16(14-18)10-12-25-13-11-19(26)29-20(27)21(22,23)24/h5,8-9,14,17,25H,3-4,6-7,10-13,15H2,1-2H3. The third-order valence-electron chi connectivity index (χ3n) is 4.31. The van der Waals surface area contributed by atoms with Crippen LogP contribution in [0.5, 0.6) is 5.75 Å². The quantitative estimate of drug-likeness (QED) is 0.292. The summed E-state index contributed by atoms with van der Waals surface area (Å²) in [6.07, 6.45) is -0.246. The Morgan fingerprint density at radius 3 is 2.41 bits per heavy atom. The first-order valence-electron chi connectivity index (χ1n) is 10.0. The SMILES string of the molecule is CCCC(CCC)COc1cccc(CCNCCC(=O)OC(=O)C(F)(F)F)c1. The summed E-state index contributed by atoms with van der Waals surface area (Å²) >= 11 is 0. The molecule has 8 heteroatoms. The van der Waals surface area contributed by atoms with E-state index in [-0.39, 0.29) is 13.0 Å². The highest BCUT2D eigenvalue weighted by molar-refractivity contribution is 5.88. The fraction of sp³-hybridized carbons (Fsp3) is 0.619. The van der Waals surface area contributed by atoms with Gasteiger partial charge in [0.05, 0.1) is 13.0 Å². The summed E-state index contributed by atoms with van der Waals surface area (Å²) in [4.78, 5) is 21.7. The molecule has 1 N–H and O–H groups in total. The van der Waals surface area contributed by atoms with Crippen LogP contribution in [0.15, 0.2) is 24.3 Å². The predicted octanol–water partition coefficient (Wildman–Crippen LogP) is 4.44. The normalized spacial score (nSPS) is 11.5. The highest BCUT2D eigenvalue weighted by Gasteiger charge is 2.42. The molecule has 29 heavy (non-hydrogen) atoms.